The highest BCUT2D eigenvalue weighted by Crippen LogP contribution is 2.42. The van der Waals surface area contributed by atoms with Crippen LogP contribution in [0.15, 0.2) is 41.1 Å². The van der Waals surface area contributed by atoms with Crippen LogP contribution in [-0.4, -0.2) is 51.3 Å². The Morgan fingerprint density at radius 3 is 2.62 bits per heavy atom. The van der Waals surface area contributed by atoms with Crippen molar-refractivity contribution in [2.45, 2.75) is 58.4 Å². The maximum atomic E-state index is 12.1. The van der Waals surface area contributed by atoms with Crippen molar-refractivity contribution in [1.29, 1.82) is 0 Å². The summed E-state index contributed by atoms with van der Waals surface area (Å²) in [6.07, 6.45) is 9.76. The van der Waals surface area contributed by atoms with Crippen molar-refractivity contribution in [3.05, 3.63) is 58.0 Å². The molecule has 0 N–H and O–H groups in total. The zero-order valence-corrected chi connectivity index (χ0v) is 20.1. The van der Waals surface area contributed by atoms with E-state index in [0.29, 0.717) is 18.3 Å². The summed E-state index contributed by atoms with van der Waals surface area (Å²) in [5.74, 6) is 1.51. The van der Waals surface area contributed by atoms with Crippen molar-refractivity contribution < 1.29 is 4.79 Å². The fourth-order valence-electron chi connectivity index (χ4n) is 5.10. The molecule has 2 unspecified atom stereocenters. The monoisotopic (exact) mass is 452 g/mol. The molecule has 2 aliphatic carbocycles. The van der Waals surface area contributed by atoms with E-state index in [2.05, 4.69) is 47.6 Å². The average molecular weight is 453 g/mol. The topological polar surface area (TPSA) is 40.9 Å². The number of imidazole rings is 1. The third-order valence-electron chi connectivity index (χ3n) is 7.58. The van der Waals surface area contributed by atoms with Gasteiger partial charge in [-0.15, -0.1) is 0 Å². The molecule has 1 amide bonds. The molecule has 1 saturated heterocycles. The second-order valence-electron chi connectivity index (χ2n) is 9.62. The van der Waals surface area contributed by atoms with E-state index >= 15 is 0 Å². The normalized spacial score (nSPS) is 24.6. The lowest BCUT2D eigenvalue weighted by atomic mass is 9.81. The van der Waals surface area contributed by atoms with E-state index in [4.69, 9.17) is 16.6 Å². The molecule has 2 fully saturated rings. The van der Waals surface area contributed by atoms with Crippen LogP contribution in [0.25, 0.3) is 5.65 Å². The number of hydrogen-bond acceptors (Lipinski definition) is 3. The van der Waals surface area contributed by atoms with Gasteiger partial charge in [0.05, 0.1) is 11.4 Å². The van der Waals surface area contributed by atoms with E-state index in [-0.39, 0.29) is 11.8 Å². The predicted octanol–water partition coefficient (Wildman–Crippen LogP) is 5.07. The molecule has 1 saturated carbocycles. The molecular weight excluding hydrogens is 420 g/mol. The standard InChI is InChI=1S/C26H33ClN4O/c1-4-25(32)30-13-11-29(12-14-30)16-23-26(21-8-9-22(27)18(3)17(21)2)28-24-10-7-20(15-31(23)24)19-5-6-19/h7-10,15,17,19,21H,4-6,11-14,16H2,1-3H3. The predicted molar refractivity (Wildman–Crippen MR) is 129 cm³/mol. The largest absolute Gasteiger partial charge is 0.340 e. The highest BCUT2D eigenvalue weighted by atomic mass is 35.5. The number of piperazine rings is 1. The molecule has 3 aliphatic rings. The van der Waals surface area contributed by atoms with E-state index in [0.717, 1.165) is 49.1 Å². The molecule has 0 radical (unpaired) electrons. The van der Waals surface area contributed by atoms with Gasteiger partial charge >= 0.3 is 0 Å². The molecule has 5 rings (SSSR count). The molecule has 3 heterocycles. The maximum Gasteiger partial charge on any atom is 0.222 e. The SMILES string of the molecule is CCC(=O)N1CCN(Cc2c(C3C=CC(Cl)=C(C)C3C)nc3ccc(C4CC4)cn23)CC1. The van der Waals surface area contributed by atoms with Crippen LogP contribution in [-0.2, 0) is 11.3 Å². The van der Waals surface area contributed by atoms with Gasteiger partial charge in [0, 0.05) is 56.3 Å². The number of carbonyl (C=O) groups excluding carboxylic acids is 1. The molecule has 2 aromatic rings. The van der Waals surface area contributed by atoms with Crippen molar-refractivity contribution >= 4 is 23.2 Å². The Morgan fingerprint density at radius 2 is 1.94 bits per heavy atom. The Labute approximate surface area is 195 Å². The van der Waals surface area contributed by atoms with Crippen molar-refractivity contribution in [1.82, 2.24) is 19.2 Å². The minimum atomic E-state index is 0.222. The molecule has 2 atom stereocenters. The third kappa shape index (κ3) is 4.01. The fourth-order valence-corrected chi connectivity index (χ4v) is 5.35. The van der Waals surface area contributed by atoms with Gasteiger partial charge in [-0.25, -0.2) is 4.98 Å². The lowest BCUT2D eigenvalue weighted by Gasteiger charge is -2.35. The first-order chi connectivity index (χ1) is 15.5. The second-order valence-corrected chi connectivity index (χ2v) is 10.0. The Kier molecular flexibility index (Phi) is 5.89. The minimum absolute atomic E-state index is 0.222. The molecule has 170 valence electrons. The van der Waals surface area contributed by atoms with Gasteiger partial charge < -0.3 is 9.30 Å². The summed E-state index contributed by atoms with van der Waals surface area (Å²) < 4.78 is 2.34. The van der Waals surface area contributed by atoms with Crippen LogP contribution < -0.4 is 0 Å². The Hall–Kier alpha value is -2.11. The van der Waals surface area contributed by atoms with E-state index < -0.39 is 0 Å². The van der Waals surface area contributed by atoms with Gasteiger partial charge in [0.15, 0.2) is 0 Å². The van der Waals surface area contributed by atoms with Crippen molar-refractivity contribution in [2.24, 2.45) is 5.92 Å². The van der Waals surface area contributed by atoms with Gasteiger partial charge in [-0.05, 0) is 49.3 Å². The van der Waals surface area contributed by atoms with Crippen molar-refractivity contribution in [3.63, 3.8) is 0 Å². The lowest BCUT2D eigenvalue weighted by molar-refractivity contribution is -0.132. The van der Waals surface area contributed by atoms with Crippen molar-refractivity contribution in [2.75, 3.05) is 26.2 Å². The van der Waals surface area contributed by atoms with Gasteiger partial charge in [-0.2, -0.15) is 0 Å². The second kappa shape index (κ2) is 8.68. The summed E-state index contributed by atoms with van der Waals surface area (Å²) in [4.78, 5) is 21.7. The van der Waals surface area contributed by atoms with Crippen LogP contribution in [0, 0.1) is 5.92 Å². The van der Waals surface area contributed by atoms with Gasteiger partial charge in [0.25, 0.3) is 0 Å². The van der Waals surface area contributed by atoms with E-state index in [9.17, 15) is 4.79 Å². The van der Waals surface area contributed by atoms with Gasteiger partial charge in [0.1, 0.15) is 5.65 Å². The number of amides is 1. The summed E-state index contributed by atoms with van der Waals surface area (Å²) in [5.41, 5.74) is 6.13. The molecule has 0 bridgehead atoms. The van der Waals surface area contributed by atoms with Crippen LogP contribution in [0.1, 0.15) is 68.8 Å². The van der Waals surface area contributed by atoms with Crippen molar-refractivity contribution in [3.8, 4) is 0 Å². The summed E-state index contributed by atoms with van der Waals surface area (Å²) in [5, 5.41) is 0.854. The van der Waals surface area contributed by atoms with E-state index in [1.54, 1.807) is 0 Å². The smallest absolute Gasteiger partial charge is 0.222 e. The summed E-state index contributed by atoms with van der Waals surface area (Å²) in [7, 11) is 0. The maximum absolute atomic E-state index is 12.1. The first kappa shape index (κ1) is 21.7. The number of fused-ring (bicyclic) bond motifs is 1. The van der Waals surface area contributed by atoms with Crippen LogP contribution in [0.4, 0.5) is 0 Å². The van der Waals surface area contributed by atoms with Crippen LogP contribution in [0.3, 0.4) is 0 Å². The summed E-state index contributed by atoms with van der Waals surface area (Å²) in [6, 6.07) is 4.44. The molecule has 32 heavy (non-hydrogen) atoms. The van der Waals surface area contributed by atoms with Crippen LogP contribution in [0.2, 0.25) is 0 Å². The zero-order chi connectivity index (χ0) is 22.4. The first-order valence-corrected chi connectivity index (χ1v) is 12.4. The molecule has 0 aromatic carbocycles. The number of rotatable bonds is 5. The lowest BCUT2D eigenvalue weighted by Crippen LogP contribution is -2.48. The molecule has 1 aliphatic heterocycles. The highest BCUT2D eigenvalue weighted by molar-refractivity contribution is 6.31. The molecule has 0 spiro atoms. The van der Waals surface area contributed by atoms with E-state index in [1.165, 1.54) is 29.7 Å². The molecule has 5 nitrogen and oxygen atoms in total. The number of carbonyl (C=O) groups is 1. The summed E-state index contributed by atoms with van der Waals surface area (Å²) in [6.45, 7) is 10.6. The molecule has 6 heteroatoms. The Balaban J connectivity index is 1.48. The number of pyridine rings is 1. The number of aromatic nitrogens is 2. The fraction of sp³-hybridized carbons (Fsp3) is 0.538. The van der Waals surface area contributed by atoms with E-state index in [1.807, 2.05) is 17.9 Å². The average Bonchev–Trinajstić information content (AvgIpc) is 3.61. The quantitative estimate of drug-likeness (QED) is 0.636. The first-order valence-electron chi connectivity index (χ1n) is 12.0. The molecule has 2 aromatic heterocycles. The van der Waals surface area contributed by atoms with Gasteiger partial charge in [0.2, 0.25) is 5.91 Å². The van der Waals surface area contributed by atoms with Crippen LogP contribution in [0.5, 0.6) is 0 Å². The van der Waals surface area contributed by atoms with Gasteiger partial charge in [-0.1, -0.05) is 43.2 Å². The third-order valence-corrected chi connectivity index (χ3v) is 8.01. The Bertz CT molecular complexity index is 1090. The number of hydrogen-bond donors (Lipinski definition) is 0. The minimum Gasteiger partial charge on any atom is -0.340 e. The number of halogens is 1. The highest BCUT2D eigenvalue weighted by Gasteiger charge is 2.31. The van der Waals surface area contributed by atoms with Gasteiger partial charge in [-0.3, -0.25) is 9.69 Å². The summed E-state index contributed by atoms with van der Waals surface area (Å²) >= 11 is 6.43. The van der Waals surface area contributed by atoms with Crippen LogP contribution >= 0.6 is 11.6 Å². The molecular formula is C26H33ClN4O. The number of allylic oxidation sites excluding steroid dienone is 4. The number of nitrogens with zero attached hydrogens (tertiary/aromatic N) is 4. The Morgan fingerprint density at radius 1 is 1.19 bits per heavy atom. The zero-order valence-electron chi connectivity index (χ0n) is 19.4.